The van der Waals surface area contributed by atoms with Crippen molar-refractivity contribution in [3.05, 3.63) is 22.7 Å². The van der Waals surface area contributed by atoms with Gasteiger partial charge in [-0.2, -0.15) is 0 Å². The zero-order valence-corrected chi connectivity index (χ0v) is 10.0. The van der Waals surface area contributed by atoms with E-state index in [1.54, 1.807) is 11.0 Å². The average Bonchev–Trinajstić information content (AvgIpc) is 2.37. The molecule has 0 atom stereocenters. The second kappa shape index (κ2) is 5.83. The van der Waals surface area contributed by atoms with Crippen LogP contribution in [0.2, 0.25) is 0 Å². The molecule has 1 fully saturated rings. The Balaban J connectivity index is 1.85. The van der Waals surface area contributed by atoms with E-state index in [4.69, 9.17) is 4.74 Å². The molecule has 17 heavy (non-hydrogen) atoms. The van der Waals surface area contributed by atoms with Crippen molar-refractivity contribution in [3.63, 3.8) is 0 Å². The van der Waals surface area contributed by atoms with Crippen molar-refractivity contribution >= 4 is 17.7 Å². The lowest BCUT2D eigenvalue weighted by molar-refractivity contribution is -0.132. The number of nitrogens with one attached hydrogen (secondary N) is 1. The number of amides is 1. The van der Waals surface area contributed by atoms with Gasteiger partial charge in [0.05, 0.1) is 24.0 Å². The first-order chi connectivity index (χ1) is 8.25. The van der Waals surface area contributed by atoms with Gasteiger partial charge in [-0.25, -0.2) is 9.78 Å². The minimum Gasteiger partial charge on any atom is -0.378 e. The molecule has 0 aromatic carbocycles. The van der Waals surface area contributed by atoms with Gasteiger partial charge >= 0.3 is 5.69 Å². The lowest BCUT2D eigenvalue weighted by Crippen LogP contribution is -2.41. The number of aromatic amines is 1. The minimum absolute atomic E-state index is 0.0657. The first-order valence-corrected chi connectivity index (χ1v) is 6.28. The second-order valence-corrected chi connectivity index (χ2v) is 4.54. The summed E-state index contributed by atoms with van der Waals surface area (Å²) in [6.07, 6.45) is 1.43. The van der Waals surface area contributed by atoms with Gasteiger partial charge in [0.25, 0.3) is 0 Å². The molecule has 92 valence electrons. The van der Waals surface area contributed by atoms with E-state index in [0.29, 0.717) is 37.1 Å². The van der Waals surface area contributed by atoms with Crippen LogP contribution < -0.4 is 5.69 Å². The second-order valence-electron chi connectivity index (χ2n) is 3.52. The number of nitrogens with zero attached hydrogens (tertiary/aromatic N) is 2. The standard InChI is InChI=1S/C10H13N3O3S/c14-9(13-3-5-16-6-4-13)7-17-8-1-2-11-10(15)12-8/h1-2H,3-7H2,(H,11,12,15). The van der Waals surface area contributed by atoms with E-state index in [0.717, 1.165) is 0 Å². The van der Waals surface area contributed by atoms with Crippen molar-refractivity contribution in [1.29, 1.82) is 0 Å². The van der Waals surface area contributed by atoms with Gasteiger partial charge in [-0.1, -0.05) is 11.8 Å². The lowest BCUT2D eigenvalue weighted by atomic mass is 10.4. The van der Waals surface area contributed by atoms with Crippen LogP contribution in [0.25, 0.3) is 0 Å². The number of hydrogen-bond donors (Lipinski definition) is 1. The smallest absolute Gasteiger partial charge is 0.345 e. The molecular formula is C10H13N3O3S. The minimum atomic E-state index is -0.395. The number of hydrogen-bond acceptors (Lipinski definition) is 5. The molecule has 0 unspecified atom stereocenters. The van der Waals surface area contributed by atoms with Gasteiger partial charge in [0.1, 0.15) is 0 Å². The van der Waals surface area contributed by atoms with E-state index in [1.165, 1.54) is 18.0 Å². The fourth-order valence-corrected chi connectivity index (χ4v) is 2.26. The predicted octanol–water partition coefficient (Wildman–Crippen LogP) is -0.279. The molecule has 0 saturated carbocycles. The summed E-state index contributed by atoms with van der Waals surface area (Å²) in [5.41, 5.74) is -0.395. The highest BCUT2D eigenvalue weighted by atomic mass is 32.2. The molecule has 1 aromatic heterocycles. The van der Waals surface area contributed by atoms with Crippen LogP contribution in [0.4, 0.5) is 0 Å². The van der Waals surface area contributed by atoms with Gasteiger partial charge in [0.2, 0.25) is 5.91 Å². The van der Waals surface area contributed by atoms with Crippen LogP contribution in [0.15, 0.2) is 22.1 Å². The molecule has 1 amide bonds. The molecule has 1 aliphatic rings. The van der Waals surface area contributed by atoms with E-state index in [1.807, 2.05) is 0 Å². The number of carbonyl (C=O) groups is 1. The lowest BCUT2D eigenvalue weighted by Gasteiger charge is -2.26. The number of H-pyrrole nitrogens is 1. The van der Waals surface area contributed by atoms with Crippen LogP contribution in [0.3, 0.4) is 0 Å². The Morgan fingerprint density at radius 2 is 2.29 bits per heavy atom. The molecule has 7 heteroatoms. The summed E-state index contributed by atoms with van der Waals surface area (Å²) in [6.45, 7) is 2.49. The molecule has 0 spiro atoms. The quantitative estimate of drug-likeness (QED) is 0.594. The molecule has 1 aliphatic heterocycles. The molecule has 6 nitrogen and oxygen atoms in total. The van der Waals surface area contributed by atoms with Crippen molar-refractivity contribution in [1.82, 2.24) is 14.9 Å². The highest BCUT2D eigenvalue weighted by molar-refractivity contribution is 7.99. The first kappa shape index (κ1) is 12.1. The van der Waals surface area contributed by atoms with Crippen LogP contribution in [-0.2, 0) is 9.53 Å². The van der Waals surface area contributed by atoms with Crippen LogP contribution in [0.1, 0.15) is 0 Å². The van der Waals surface area contributed by atoms with Gasteiger partial charge in [0.15, 0.2) is 0 Å². The fraction of sp³-hybridized carbons (Fsp3) is 0.500. The van der Waals surface area contributed by atoms with E-state index >= 15 is 0 Å². The normalized spacial score (nSPS) is 15.9. The zero-order chi connectivity index (χ0) is 12.1. The van der Waals surface area contributed by atoms with Gasteiger partial charge in [-0.15, -0.1) is 0 Å². The van der Waals surface area contributed by atoms with Crippen LogP contribution in [-0.4, -0.2) is 52.8 Å². The number of rotatable bonds is 3. The summed E-state index contributed by atoms with van der Waals surface area (Å²) >= 11 is 1.31. The Labute approximate surface area is 102 Å². The van der Waals surface area contributed by atoms with Crippen LogP contribution in [0, 0.1) is 0 Å². The Kier molecular flexibility index (Phi) is 4.16. The van der Waals surface area contributed by atoms with E-state index in [2.05, 4.69) is 9.97 Å². The summed E-state index contributed by atoms with van der Waals surface area (Å²) < 4.78 is 5.17. The van der Waals surface area contributed by atoms with Crippen molar-refractivity contribution < 1.29 is 9.53 Å². The van der Waals surface area contributed by atoms with Crippen molar-refractivity contribution in [3.8, 4) is 0 Å². The number of morpholine rings is 1. The topological polar surface area (TPSA) is 75.3 Å². The molecule has 1 aromatic rings. The Morgan fingerprint density at radius 1 is 1.53 bits per heavy atom. The predicted molar refractivity (Wildman–Crippen MR) is 63.0 cm³/mol. The Morgan fingerprint density at radius 3 is 3.00 bits per heavy atom. The SMILES string of the molecule is O=C(CSc1ccnc(=O)[nH]1)N1CCOCC1. The molecule has 1 saturated heterocycles. The van der Waals surface area contributed by atoms with Crippen molar-refractivity contribution in [2.24, 2.45) is 0 Å². The van der Waals surface area contributed by atoms with Crippen LogP contribution >= 0.6 is 11.8 Å². The first-order valence-electron chi connectivity index (χ1n) is 5.29. The number of thioether (sulfide) groups is 1. The molecule has 0 aliphatic carbocycles. The third-order valence-corrected chi connectivity index (χ3v) is 3.30. The maximum Gasteiger partial charge on any atom is 0.345 e. The van der Waals surface area contributed by atoms with Crippen molar-refractivity contribution in [2.75, 3.05) is 32.1 Å². The Hall–Kier alpha value is -1.34. The highest BCUT2D eigenvalue weighted by Crippen LogP contribution is 2.13. The van der Waals surface area contributed by atoms with Gasteiger partial charge in [-0.3, -0.25) is 4.79 Å². The van der Waals surface area contributed by atoms with Crippen molar-refractivity contribution in [2.45, 2.75) is 5.03 Å². The maximum atomic E-state index is 11.8. The number of carbonyl (C=O) groups excluding carboxylic acids is 1. The van der Waals surface area contributed by atoms with E-state index in [-0.39, 0.29) is 5.91 Å². The fourth-order valence-electron chi connectivity index (χ4n) is 1.48. The molecule has 2 rings (SSSR count). The van der Waals surface area contributed by atoms with E-state index < -0.39 is 5.69 Å². The van der Waals surface area contributed by atoms with E-state index in [9.17, 15) is 9.59 Å². The monoisotopic (exact) mass is 255 g/mol. The summed E-state index contributed by atoms with van der Waals surface area (Å²) in [7, 11) is 0. The highest BCUT2D eigenvalue weighted by Gasteiger charge is 2.16. The number of ether oxygens (including phenoxy) is 1. The maximum absolute atomic E-state index is 11.8. The summed E-state index contributed by atoms with van der Waals surface area (Å²) in [5, 5.41) is 0.659. The van der Waals surface area contributed by atoms with Gasteiger partial charge in [0, 0.05) is 19.3 Å². The summed E-state index contributed by atoms with van der Waals surface area (Å²) in [5.74, 6) is 0.385. The summed E-state index contributed by atoms with van der Waals surface area (Å²) in [6, 6.07) is 1.68. The third-order valence-electron chi connectivity index (χ3n) is 2.36. The average molecular weight is 255 g/mol. The van der Waals surface area contributed by atoms with Gasteiger partial charge in [-0.05, 0) is 6.07 Å². The molecule has 0 radical (unpaired) electrons. The largest absolute Gasteiger partial charge is 0.378 e. The molecule has 0 bridgehead atoms. The van der Waals surface area contributed by atoms with Crippen LogP contribution in [0.5, 0.6) is 0 Å². The Bertz CT molecular complexity index is 442. The third kappa shape index (κ3) is 3.57. The van der Waals surface area contributed by atoms with Gasteiger partial charge < -0.3 is 14.6 Å². The zero-order valence-electron chi connectivity index (χ0n) is 9.22. The molecular weight excluding hydrogens is 242 g/mol. The number of aromatic nitrogens is 2. The molecule has 2 heterocycles. The molecule has 1 N–H and O–H groups in total. The summed E-state index contributed by atoms with van der Waals surface area (Å²) in [4.78, 5) is 30.6.